The summed E-state index contributed by atoms with van der Waals surface area (Å²) in [5.74, 6) is -1.22. The molecule has 0 radical (unpaired) electrons. The monoisotopic (exact) mass is 436 g/mol. The minimum atomic E-state index is -0.814. The molecule has 2 N–H and O–H groups in total. The molecular weight excluding hydrogens is 416 g/mol. The van der Waals surface area contributed by atoms with E-state index >= 15 is 0 Å². The van der Waals surface area contributed by atoms with Gasteiger partial charge in [-0.2, -0.15) is 0 Å². The summed E-state index contributed by atoms with van der Waals surface area (Å²) in [5.41, 5.74) is 2.17. The zero-order valence-electron chi connectivity index (χ0n) is 16.8. The lowest BCUT2D eigenvalue weighted by atomic mass is 10.0. The van der Waals surface area contributed by atoms with Crippen molar-refractivity contribution in [2.24, 2.45) is 0 Å². The molecule has 7 heteroatoms. The maximum atomic E-state index is 13.0. The fourth-order valence-electron chi connectivity index (χ4n) is 2.94. The summed E-state index contributed by atoms with van der Waals surface area (Å²) in [6, 6.07) is 21.3. The largest absolute Gasteiger partial charge is 0.465 e. The maximum absolute atomic E-state index is 13.0. The summed E-state index contributed by atoms with van der Waals surface area (Å²) in [7, 11) is 1.30. The Morgan fingerprint density at radius 1 is 0.871 bits per heavy atom. The normalized spacial score (nSPS) is 11.3. The molecule has 3 rings (SSSR count). The molecule has 0 saturated carbocycles. The molecule has 0 aromatic heterocycles. The molecule has 0 aliphatic rings. The number of anilines is 1. The van der Waals surface area contributed by atoms with Gasteiger partial charge in [0.1, 0.15) is 6.04 Å². The highest BCUT2D eigenvalue weighted by Gasteiger charge is 2.22. The van der Waals surface area contributed by atoms with Gasteiger partial charge in [-0.25, -0.2) is 4.79 Å². The van der Waals surface area contributed by atoms with E-state index < -0.39 is 12.0 Å². The average molecular weight is 437 g/mol. The summed E-state index contributed by atoms with van der Waals surface area (Å²) >= 11 is 5.89. The number of halogens is 1. The molecule has 3 aromatic rings. The Balaban J connectivity index is 1.76. The second-order valence-electron chi connectivity index (χ2n) is 6.78. The molecule has 158 valence electrons. The average Bonchev–Trinajstić information content (AvgIpc) is 2.79. The van der Waals surface area contributed by atoms with Crippen LogP contribution >= 0.6 is 11.6 Å². The highest BCUT2D eigenvalue weighted by molar-refractivity contribution is 6.30. The van der Waals surface area contributed by atoms with Crippen molar-refractivity contribution < 1.29 is 19.1 Å². The van der Waals surface area contributed by atoms with E-state index in [1.54, 1.807) is 48.5 Å². The van der Waals surface area contributed by atoms with Crippen LogP contribution in [0.1, 0.15) is 26.3 Å². The Morgan fingerprint density at radius 2 is 1.48 bits per heavy atom. The van der Waals surface area contributed by atoms with Crippen LogP contribution in [-0.2, 0) is 16.0 Å². The van der Waals surface area contributed by atoms with Crippen molar-refractivity contribution in [3.63, 3.8) is 0 Å². The van der Waals surface area contributed by atoms with Crippen molar-refractivity contribution in [3.05, 3.63) is 101 Å². The third kappa shape index (κ3) is 6.17. The number of rotatable bonds is 7. The number of hydrogen-bond acceptors (Lipinski definition) is 4. The molecule has 0 spiro atoms. The van der Waals surface area contributed by atoms with Crippen molar-refractivity contribution in [2.75, 3.05) is 12.4 Å². The molecule has 0 aliphatic carbocycles. The summed E-state index contributed by atoms with van der Waals surface area (Å²) in [6.07, 6.45) is 0.312. The van der Waals surface area contributed by atoms with Crippen LogP contribution in [0.4, 0.5) is 5.69 Å². The molecule has 2 amide bonds. The summed E-state index contributed by atoms with van der Waals surface area (Å²) in [4.78, 5) is 37.2. The van der Waals surface area contributed by atoms with Crippen LogP contribution in [0.15, 0.2) is 78.9 Å². The van der Waals surface area contributed by atoms with Crippen LogP contribution < -0.4 is 10.6 Å². The SMILES string of the molecule is COC(=O)c1ccc(NC(=O)C(Cc2ccccc2)NC(=O)c2ccc(Cl)cc2)cc1. The van der Waals surface area contributed by atoms with E-state index in [0.717, 1.165) is 5.56 Å². The fourth-order valence-corrected chi connectivity index (χ4v) is 3.06. The fraction of sp³-hybridized carbons (Fsp3) is 0.125. The highest BCUT2D eigenvalue weighted by atomic mass is 35.5. The van der Waals surface area contributed by atoms with Crippen molar-refractivity contribution in [1.82, 2.24) is 5.32 Å². The number of nitrogens with one attached hydrogen (secondary N) is 2. The molecule has 0 fully saturated rings. The molecule has 3 aromatic carbocycles. The molecule has 1 unspecified atom stereocenters. The van der Waals surface area contributed by atoms with Crippen molar-refractivity contribution >= 4 is 35.1 Å². The molecule has 0 bridgehead atoms. The van der Waals surface area contributed by atoms with Crippen molar-refractivity contribution in [1.29, 1.82) is 0 Å². The zero-order valence-corrected chi connectivity index (χ0v) is 17.6. The number of carbonyl (C=O) groups excluding carboxylic acids is 3. The van der Waals surface area contributed by atoms with E-state index in [2.05, 4.69) is 15.4 Å². The third-order valence-corrected chi connectivity index (χ3v) is 4.84. The minimum Gasteiger partial charge on any atom is -0.465 e. The molecule has 31 heavy (non-hydrogen) atoms. The van der Waals surface area contributed by atoms with Gasteiger partial charge in [0.15, 0.2) is 0 Å². The topological polar surface area (TPSA) is 84.5 Å². The van der Waals surface area contributed by atoms with Crippen LogP contribution in [0.5, 0.6) is 0 Å². The van der Waals surface area contributed by atoms with Gasteiger partial charge in [0.25, 0.3) is 5.91 Å². The second-order valence-corrected chi connectivity index (χ2v) is 7.22. The van der Waals surface area contributed by atoms with Crippen LogP contribution in [0.3, 0.4) is 0 Å². The Bertz CT molecular complexity index is 1050. The van der Waals surface area contributed by atoms with E-state index in [4.69, 9.17) is 11.6 Å². The van der Waals surface area contributed by atoms with E-state index in [-0.39, 0.29) is 11.8 Å². The van der Waals surface area contributed by atoms with Crippen molar-refractivity contribution in [2.45, 2.75) is 12.5 Å². The van der Waals surface area contributed by atoms with E-state index in [1.807, 2.05) is 30.3 Å². The van der Waals surface area contributed by atoms with Gasteiger partial charge in [-0.15, -0.1) is 0 Å². The van der Waals surface area contributed by atoms with Crippen LogP contribution in [0, 0.1) is 0 Å². The number of methoxy groups -OCH3 is 1. The first kappa shape index (κ1) is 22.1. The molecular formula is C24H21ClN2O4. The Kier molecular flexibility index (Phi) is 7.40. The number of benzene rings is 3. The smallest absolute Gasteiger partial charge is 0.337 e. The minimum absolute atomic E-state index is 0.312. The first-order valence-corrected chi connectivity index (χ1v) is 9.93. The molecule has 1 atom stereocenters. The van der Waals surface area contributed by atoms with Gasteiger partial charge in [-0.05, 0) is 54.1 Å². The predicted octanol–water partition coefficient (Wildman–Crippen LogP) is 4.11. The van der Waals surface area contributed by atoms with Gasteiger partial charge in [-0.1, -0.05) is 41.9 Å². The van der Waals surface area contributed by atoms with Gasteiger partial charge < -0.3 is 15.4 Å². The molecule has 0 heterocycles. The lowest BCUT2D eigenvalue weighted by Gasteiger charge is -2.19. The van der Waals surface area contributed by atoms with Gasteiger partial charge in [0.2, 0.25) is 5.91 Å². The number of amides is 2. The summed E-state index contributed by atoms with van der Waals surface area (Å²) < 4.78 is 4.67. The van der Waals surface area contributed by atoms with E-state index in [9.17, 15) is 14.4 Å². The quantitative estimate of drug-likeness (QED) is 0.546. The lowest BCUT2D eigenvalue weighted by Crippen LogP contribution is -2.45. The lowest BCUT2D eigenvalue weighted by molar-refractivity contribution is -0.118. The standard InChI is InChI=1S/C24H21ClN2O4/c1-31-24(30)18-9-13-20(14-10-18)26-23(29)21(15-16-5-3-2-4-6-16)27-22(28)17-7-11-19(25)12-8-17/h2-14,21H,15H2,1H3,(H,26,29)(H,27,28). The Morgan fingerprint density at radius 3 is 2.10 bits per heavy atom. The van der Waals surface area contributed by atoms with Gasteiger partial charge in [0.05, 0.1) is 12.7 Å². The molecule has 0 saturated heterocycles. The second kappa shape index (κ2) is 10.4. The van der Waals surface area contributed by atoms with Crippen LogP contribution in [0.25, 0.3) is 0 Å². The third-order valence-electron chi connectivity index (χ3n) is 4.58. The number of carbonyl (C=O) groups is 3. The highest BCUT2D eigenvalue weighted by Crippen LogP contribution is 2.14. The predicted molar refractivity (Wildman–Crippen MR) is 119 cm³/mol. The number of esters is 1. The summed E-state index contributed by atoms with van der Waals surface area (Å²) in [5, 5.41) is 6.10. The van der Waals surface area contributed by atoms with Gasteiger partial charge >= 0.3 is 5.97 Å². The molecule has 6 nitrogen and oxygen atoms in total. The Hall–Kier alpha value is -3.64. The maximum Gasteiger partial charge on any atom is 0.337 e. The van der Waals surface area contributed by atoms with Gasteiger partial charge in [0, 0.05) is 22.7 Å². The van der Waals surface area contributed by atoms with Crippen LogP contribution in [0.2, 0.25) is 5.02 Å². The Labute approximate surface area is 185 Å². The number of ether oxygens (including phenoxy) is 1. The van der Waals surface area contributed by atoms with E-state index in [1.165, 1.54) is 7.11 Å². The molecule has 0 aliphatic heterocycles. The van der Waals surface area contributed by atoms with Crippen LogP contribution in [-0.4, -0.2) is 30.9 Å². The first-order chi connectivity index (χ1) is 15.0. The van der Waals surface area contributed by atoms with E-state index in [0.29, 0.717) is 28.3 Å². The number of hydrogen-bond donors (Lipinski definition) is 2. The van der Waals surface area contributed by atoms with Crippen molar-refractivity contribution in [3.8, 4) is 0 Å². The summed E-state index contributed by atoms with van der Waals surface area (Å²) in [6.45, 7) is 0. The zero-order chi connectivity index (χ0) is 22.2. The first-order valence-electron chi connectivity index (χ1n) is 9.56. The van der Waals surface area contributed by atoms with Gasteiger partial charge in [-0.3, -0.25) is 9.59 Å².